The largest absolute Gasteiger partial charge is 0.271 e. The smallest absolute Gasteiger partial charge is 0.121 e. The van der Waals surface area contributed by atoms with Crippen molar-refractivity contribution in [1.29, 1.82) is 0 Å². The van der Waals surface area contributed by atoms with E-state index < -0.39 is 0 Å². The van der Waals surface area contributed by atoms with Gasteiger partial charge in [0.05, 0.1) is 5.69 Å². The van der Waals surface area contributed by atoms with Crippen LogP contribution in [-0.4, -0.2) is 11.1 Å². The van der Waals surface area contributed by atoms with Gasteiger partial charge < -0.3 is 0 Å². The number of anilines is 1. The number of hydrogen-bond donors (Lipinski definition) is 0. The van der Waals surface area contributed by atoms with E-state index in [0.717, 1.165) is 10.9 Å². The summed E-state index contributed by atoms with van der Waals surface area (Å²) in [5, 5.41) is 7.27. The average molecular weight is 339 g/mol. The Morgan fingerprint density at radius 1 is 0.870 bits per heavy atom. The second-order valence-corrected chi connectivity index (χ2v) is 6.73. The third-order valence-electron chi connectivity index (χ3n) is 4.58. The Morgan fingerprint density at radius 3 is 2.61 bits per heavy atom. The van der Waals surface area contributed by atoms with Gasteiger partial charge in [-0.2, -0.15) is 0 Å². The Kier molecular flexibility index (Phi) is 2.70. The maximum atomic E-state index is 6.36. The molecule has 5 rings (SSSR count). The molecule has 3 aromatic carbocycles. The van der Waals surface area contributed by atoms with E-state index in [-0.39, 0.29) is 0 Å². The number of benzene rings is 3. The monoisotopic (exact) mass is 338 g/mol. The van der Waals surface area contributed by atoms with Gasteiger partial charge in [0, 0.05) is 40.4 Å². The van der Waals surface area contributed by atoms with Crippen LogP contribution in [0.3, 0.4) is 0 Å². The summed E-state index contributed by atoms with van der Waals surface area (Å²) in [4.78, 5) is 0. The van der Waals surface area contributed by atoms with Crippen molar-refractivity contribution in [2.24, 2.45) is 0 Å². The first-order valence-corrected chi connectivity index (χ1v) is 8.14. The van der Waals surface area contributed by atoms with Gasteiger partial charge in [0.1, 0.15) is 6.67 Å². The molecule has 0 N–H and O–H groups in total. The van der Waals surface area contributed by atoms with E-state index in [1.165, 1.54) is 32.0 Å². The molecule has 0 fully saturated rings. The first-order valence-electron chi connectivity index (χ1n) is 7.47. The highest BCUT2D eigenvalue weighted by molar-refractivity contribution is 6.27. The molecule has 0 aromatic heterocycles. The molecule has 2 aliphatic rings. The molecular weight excluding hydrogens is 327 g/mol. The molecule has 1 heterocycles. The van der Waals surface area contributed by atoms with Crippen molar-refractivity contribution < 1.29 is 0 Å². The molecule has 2 nitrogen and oxygen atoms in total. The van der Waals surface area contributed by atoms with Gasteiger partial charge in [0.15, 0.2) is 0 Å². The van der Waals surface area contributed by atoms with Gasteiger partial charge in [0.25, 0.3) is 0 Å². The van der Waals surface area contributed by atoms with Crippen LogP contribution in [0.5, 0.6) is 0 Å². The molecule has 0 amide bonds. The topological polar surface area (TPSA) is 6.48 Å². The van der Waals surface area contributed by atoms with Gasteiger partial charge >= 0.3 is 0 Å². The Morgan fingerprint density at radius 2 is 1.70 bits per heavy atom. The zero-order valence-electron chi connectivity index (χ0n) is 12.1. The first kappa shape index (κ1) is 13.3. The summed E-state index contributed by atoms with van der Waals surface area (Å²) < 4.78 is 3.25. The maximum Gasteiger partial charge on any atom is 0.121 e. The Balaban J connectivity index is 2.05. The van der Waals surface area contributed by atoms with Gasteiger partial charge in [-0.05, 0) is 38.7 Å². The molecule has 4 heteroatoms. The lowest BCUT2D eigenvalue weighted by Crippen LogP contribution is -2.33. The molecule has 3 aromatic rings. The van der Waals surface area contributed by atoms with Crippen molar-refractivity contribution in [3.8, 4) is 0 Å². The fraction of sp³-hybridized carbons (Fsp3) is 0.0526. The van der Waals surface area contributed by atoms with Crippen LogP contribution in [-0.2, 0) is 0 Å². The van der Waals surface area contributed by atoms with Gasteiger partial charge in [-0.1, -0.05) is 42.5 Å². The van der Waals surface area contributed by atoms with Crippen LogP contribution in [0.4, 0.5) is 5.69 Å². The van der Waals surface area contributed by atoms with E-state index in [9.17, 15) is 0 Å². The quantitative estimate of drug-likeness (QED) is 0.453. The second-order valence-electron chi connectivity index (χ2n) is 5.89. The summed E-state index contributed by atoms with van der Waals surface area (Å²) in [5.41, 5.74) is 2.24. The molecule has 23 heavy (non-hydrogen) atoms. The normalized spacial score (nSPS) is 14.9. The number of rotatable bonds is 0. The first-order chi connectivity index (χ1) is 11.2. The molecule has 0 bridgehead atoms. The summed E-state index contributed by atoms with van der Waals surface area (Å²) in [5.74, 6) is 0. The molecule has 0 unspecified atom stereocenters. The average Bonchev–Trinajstić information content (AvgIpc) is 2.92. The summed E-state index contributed by atoms with van der Waals surface area (Å²) in [6.07, 6.45) is 4.22. The zero-order valence-corrected chi connectivity index (χ0v) is 13.6. The van der Waals surface area contributed by atoms with Crippen LogP contribution >= 0.6 is 23.6 Å². The highest BCUT2D eigenvalue weighted by Gasteiger charge is 2.18. The van der Waals surface area contributed by atoms with Gasteiger partial charge in [-0.15, -0.1) is 0 Å². The van der Waals surface area contributed by atoms with E-state index in [4.69, 9.17) is 23.6 Å². The fourth-order valence-electron chi connectivity index (χ4n) is 3.59. The summed E-state index contributed by atoms with van der Waals surface area (Å²) in [6.45, 7) is 0.459. The lowest BCUT2D eigenvalue weighted by Gasteiger charge is -2.26. The van der Waals surface area contributed by atoms with E-state index in [0.29, 0.717) is 6.67 Å². The molecule has 0 radical (unpaired) electrons. The van der Waals surface area contributed by atoms with E-state index in [1.807, 2.05) is 6.20 Å². The van der Waals surface area contributed by atoms with Gasteiger partial charge in [-0.3, -0.25) is 8.84 Å². The number of fused-ring (bicyclic) bond motifs is 6. The fourth-order valence-corrected chi connectivity index (χ4v) is 4.11. The molecule has 1 aliphatic carbocycles. The van der Waals surface area contributed by atoms with Gasteiger partial charge in [-0.25, -0.2) is 0 Å². The lowest BCUT2D eigenvalue weighted by atomic mass is 10.00. The predicted octanol–water partition coefficient (Wildman–Crippen LogP) is 3.39. The Labute approximate surface area is 143 Å². The number of halogens is 2. The van der Waals surface area contributed by atoms with Crippen molar-refractivity contribution in [2.75, 3.05) is 11.1 Å². The molecule has 0 saturated heterocycles. The molecule has 1 aliphatic heterocycles. The van der Waals surface area contributed by atoms with Crippen molar-refractivity contribution in [3.05, 3.63) is 75.0 Å². The minimum Gasteiger partial charge on any atom is -0.271 e. The van der Waals surface area contributed by atoms with Crippen molar-refractivity contribution >= 4 is 52.3 Å². The lowest BCUT2D eigenvalue weighted by molar-refractivity contribution is 0.656. The maximum absolute atomic E-state index is 6.36. The minimum absolute atomic E-state index is 0.459. The standard InChI is InChI=1S/C19H12Cl2N2/c20-22-10-17-18(23(21)11-22)8-6-12-5-7-15-14-4-2-1-3-13(14)9-16(15)19(12)17/h1-10H,11H2. The van der Waals surface area contributed by atoms with E-state index in [2.05, 4.69) is 54.6 Å². The highest BCUT2D eigenvalue weighted by atomic mass is 35.5. The molecule has 112 valence electrons. The van der Waals surface area contributed by atoms with Crippen LogP contribution < -0.4 is 14.9 Å². The molecular formula is C19H12Cl2N2. The van der Waals surface area contributed by atoms with Gasteiger partial charge in [0.2, 0.25) is 0 Å². The van der Waals surface area contributed by atoms with E-state index >= 15 is 0 Å². The van der Waals surface area contributed by atoms with Crippen LogP contribution in [0.15, 0.2) is 48.5 Å². The second kappa shape index (κ2) is 4.67. The third-order valence-corrected chi connectivity index (χ3v) is 5.08. The Bertz CT molecular complexity index is 1180. The van der Waals surface area contributed by atoms with Crippen molar-refractivity contribution in [2.45, 2.75) is 0 Å². The third kappa shape index (κ3) is 1.82. The minimum atomic E-state index is 0.459. The SMILES string of the molecule is ClN1C=c2c(ccc3ccc4c(c23)C=c2ccccc2=4)N(Cl)C1. The van der Waals surface area contributed by atoms with E-state index in [1.54, 1.807) is 8.84 Å². The predicted molar refractivity (Wildman–Crippen MR) is 96.2 cm³/mol. The highest BCUT2D eigenvalue weighted by Crippen LogP contribution is 2.26. The van der Waals surface area contributed by atoms with Crippen LogP contribution in [0.25, 0.3) is 23.0 Å². The van der Waals surface area contributed by atoms with Crippen molar-refractivity contribution in [3.63, 3.8) is 0 Å². The summed E-state index contributed by atoms with van der Waals surface area (Å²) >= 11 is 12.6. The number of hydrogen-bond acceptors (Lipinski definition) is 2. The molecule has 0 saturated carbocycles. The summed E-state index contributed by atoms with van der Waals surface area (Å²) in [6, 6.07) is 17.0. The number of nitrogens with zero attached hydrogens (tertiary/aromatic N) is 2. The Hall–Kier alpha value is -2.16. The molecule has 0 spiro atoms. The van der Waals surface area contributed by atoms with Crippen LogP contribution in [0.2, 0.25) is 0 Å². The van der Waals surface area contributed by atoms with Crippen LogP contribution in [0.1, 0.15) is 5.56 Å². The zero-order chi connectivity index (χ0) is 15.6. The molecule has 0 atom stereocenters. The summed E-state index contributed by atoms with van der Waals surface area (Å²) in [7, 11) is 0. The van der Waals surface area contributed by atoms with Crippen molar-refractivity contribution in [1.82, 2.24) is 4.42 Å². The van der Waals surface area contributed by atoms with Crippen LogP contribution in [0, 0.1) is 10.4 Å².